The molecule has 4 rings (SSSR count). The Morgan fingerprint density at radius 1 is 1.24 bits per heavy atom. The molecule has 0 spiro atoms. The van der Waals surface area contributed by atoms with Crippen molar-refractivity contribution < 1.29 is 9.53 Å². The fraction of sp³-hybridized carbons (Fsp3) is 0.353. The number of amides is 1. The Balaban J connectivity index is 1.45. The highest BCUT2D eigenvalue weighted by atomic mass is 16.5. The topological polar surface area (TPSA) is 85.5 Å². The molecule has 0 aromatic carbocycles. The van der Waals surface area contributed by atoms with E-state index in [4.69, 9.17) is 4.74 Å². The zero-order chi connectivity index (χ0) is 17.1. The van der Waals surface area contributed by atoms with Crippen LogP contribution in [-0.2, 0) is 4.79 Å². The Hall–Kier alpha value is -3.03. The van der Waals surface area contributed by atoms with Gasteiger partial charge < -0.3 is 9.64 Å². The van der Waals surface area contributed by atoms with Gasteiger partial charge in [0.1, 0.15) is 6.33 Å². The summed E-state index contributed by atoms with van der Waals surface area (Å²) in [5, 5.41) is 11.9. The predicted molar refractivity (Wildman–Crippen MR) is 88.8 cm³/mol. The smallest absolute Gasteiger partial charge is 0.261 e. The molecule has 1 amide bonds. The van der Waals surface area contributed by atoms with Crippen LogP contribution in [0.25, 0.3) is 5.65 Å². The number of aromatic nitrogens is 5. The number of hydrogen-bond donors (Lipinski definition) is 0. The summed E-state index contributed by atoms with van der Waals surface area (Å²) in [5.74, 6) is 0.313. The number of nitrogens with zero attached hydrogens (tertiary/aromatic N) is 6. The van der Waals surface area contributed by atoms with E-state index in [1.54, 1.807) is 18.3 Å². The Morgan fingerprint density at radius 3 is 3.08 bits per heavy atom. The summed E-state index contributed by atoms with van der Waals surface area (Å²) >= 11 is 0. The molecular formula is C17H18N6O2. The molecule has 3 aromatic rings. The van der Waals surface area contributed by atoms with Crippen LogP contribution in [0.5, 0.6) is 5.88 Å². The van der Waals surface area contributed by atoms with Crippen LogP contribution in [0.1, 0.15) is 31.0 Å². The Labute approximate surface area is 144 Å². The molecule has 1 aliphatic heterocycles. The van der Waals surface area contributed by atoms with Crippen molar-refractivity contribution in [3.63, 3.8) is 0 Å². The molecule has 0 N–H and O–H groups in total. The van der Waals surface area contributed by atoms with Crippen LogP contribution < -0.4 is 4.74 Å². The quantitative estimate of drug-likeness (QED) is 0.719. The highest BCUT2D eigenvalue weighted by Crippen LogP contribution is 2.29. The summed E-state index contributed by atoms with van der Waals surface area (Å²) in [7, 11) is 0. The van der Waals surface area contributed by atoms with Crippen molar-refractivity contribution in [3.8, 4) is 5.88 Å². The van der Waals surface area contributed by atoms with E-state index < -0.39 is 0 Å². The number of ether oxygens (including phenoxy) is 1. The molecule has 0 saturated carbocycles. The fourth-order valence-corrected chi connectivity index (χ4v) is 3.12. The number of hydrogen-bond acceptors (Lipinski definition) is 6. The lowest BCUT2D eigenvalue weighted by Gasteiger charge is -2.35. The second-order valence-corrected chi connectivity index (χ2v) is 5.95. The van der Waals surface area contributed by atoms with Crippen molar-refractivity contribution in [1.82, 2.24) is 29.7 Å². The minimum absolute atomic E-state index is 0.0133. The lowest BCUT2D eigenvalue weighted by Crippen LogP contribution is -2.41. The number of piperidine rings is 1. The molecule has 3 aromatic heterocycles. The van der Waals surface area contributed by atoms with Crippen molar-refractivity contribution in [3.05, 3.63) is 48.5 Å². The monoisotopic (exact) mass is 338 g/mol. The Morgan fingerprint density at radius 2 is 2.20 bits per heavy atom. The summed E-state index contributed by atoms with van der Waals surface area (Å²) in [6.45, 7) is 0.672. The third kappa shape index (κ3) is 3.28. The molecule has 0 radical (unpaired) electrons. The van der Waals surface area contributed by atoms with E-state index in [0.717, 1.165) is 31.5 Å². The summed E-state index contributed by atoms with van der Waals surface area (Å²) in [6, 6.07) is 9.25. The van der Waals surface area contributed by atoms with Crippen molar-refractivity contribution in [2.45, 2.75) is 25.3 Å². The van der Waals surface area contributed by atoms with Crippen LogP contribution in [0.2, 0.25) is 0 Å². The summed E-state index contributed by atoms with van der Waals surface area (Å²) in [4.78, 5) is 19.0. The highest BCUT2D eigenvalue weighted by Gasteiger charge is 2.29. The highest BCUT2D eigenvalue weighted by molar-refractivity contribution is 5.78. The molecule has 8 heteroatoms. The largest absolute Gasteiger partial charge is 0.467 e. The number of likely N-dealkylation sites (tertiary alicyclic amines) is 1. The van der Waals surface area contributed by atoms with Gasteiger partial charge in [-0.25, -0.2) is 0 Å². The van der Waals surface area contributed by atoms with Crippen LogP contribution in [0.15, 0.2) is 42.9 Å². The summed E-state index contributed by atoms with van der Waals surface area (Å²) in [6.07, 6.45) is 6.28. The van der Waals surface area contributed by atoms with Gasteiger partial charge in [-0.15, -0.1) is 15.3 Å². The van der Waals surface area contributed by atoms with Crippen molar-refractivity contribution in [2.24, 2.45) is 0 Å². The first-order valence-corrected chi connectivity index (χ1v) is 8.31. The van der Waals surface area contributed by atoms with Crippen LogP contribution >= 0.6 is 0 Å². The number of pyridine rings is 1. The first-order valence-electron chi connectivity index (χ1n) is 8.31. The maximum atomic E-state index is 12.7. The molecule has 25 heavy (non-hydrogen) atoms. The van der Waals surface area contributed by atoms with Crippen LogP contribution in [0.3, 0.4) is 0 Å². The maximum absolute atomic E-state index is 12.7. The maximum Gasteiger partial charge on any atom is 0.261 e. The minimum Gasteiger partial charge on any atom is -0.467 e. The van der Waals surface area contributed by atoms with E-state index in [1.165, 1.54) is 10.8 Å². The van der Waals surface area contributed by atoms with E-state index in [9.17, 15) is 4.79 Å². The average molecular weight is 338 g/mol. The zero-order valence-electron chi connectivity index (χ0n) is 13.7. The van der Waals surface area contributed by atoms with Gasteiger partial charge >= 0.3 is 0 Å². The minimum atomic E-state index is -0.0546. The van der Waals surface area contributed by atoms with Gasteiger partial charge in [0.15, 0.2) is 12.3 Å². The standard InChI is InChI=1S/C17H18N6O2/c24-17(11-25-16-8-7-15-20-19-12-23(15)21-16)22-10-4-2-6-14(22)13-5-1-3-9-18-13/h1,3,5,7-9,12,14H,2,4,6,10-11H2. The summed E-state index contributed by atoms with van der Waals surface area (Å²) in [5.41, 5.74) is 1.56. The third-order valence-electron chi connectivity index (χ3n) is 4.33. The number of carbonyl (C=O) groups excluding carboxylic acids is 1. The SMILES string of the molecule is O=C(COc1ccc2nncn2n1)N1CCCCC1c1ccccn1. The molecule has 4 heterocycles. The van der Waals surface area contributed by atoms with Gasteiger partial charge in [-0.05, 0) is 37.5 Å². The van der Waals surface area contributed by atoms with Gasteiger partial charge in [0.05, 0.1) is 11.7 Å². The molecule has 0 aliphatic carbocycles. The summed E-state index contributed by atoms with van der Waals surface area (Å²) < 4.78 is 7.09. The normalized spacial score (nSPS) is 17.6. The first-order chi connectivity index (χ1) is 12.3. The molecule has 1 unspecified atom stereocenters. The average Bonchev–Trinajstić information content (AvgIpc) is 3.14. The van der Waals surface area contributed by atoms with Crippen molar-refractivity contribution in [1.29, 1.82) is 0 Å². The van der Waals surface area contributed by atoms with E-state index in [-0.39, 0.29) is 18.6 Å². The van der Waals surface area contributed by atoms with Crippen LogP contribution in [0, 0.1) is 0 Å². The third-order valence-corrected chi connectivity index (χ3v) is 4.33. The van der Waals surface area contributed by atoms with Gasteiger partial charge in [0.25, 0.3) is 5.91 Å². The van der Waals surface area contributed by atoms with Crippen molar-refractivity contribution >= 4 is 11.6 Å². The molecule has 1 aliphatic rings. The zero-order valence-corrected chi connectivity index (χ0v) is 13.7. The fourth-order valence-electron chi connectivity index (χ4n) is 3.12. The molecular weight excluding hydrogens is 320 g/mol. The van der Waals surface area contributed by atoms with Gasteiger partial charge in [0.2, 0.25) is 5.88 Å². The predicted octanol–water partition coefficient (Wildman–Crippen LogP) is 1.65. The molecule has 1 atom stereocenters. The lowest BCUT2D eigenvalue weighted by atomic mass is 9.99. The molecule has 128 valence electrons. The van der Waals surface area contributed by atoms with E-state index in [2.05, 4.69) is 20.3 Å². The first kappa shape index (κ1) is 15.5. The number of fused-ring (bicyclic) bond motifs is 1. The van der Waals surface area contributed by atoms with Gasteiger partial charge in [-0.1, -0.05) is 6.07 Å². The van der Waals surface area contributed by atoms with E-state index in [1.807, 2.05) is 23.1 Å². The molecule has 0 bridgehead atoms. The van der Waals surface area contributed by atoms with Crippen LogP contribution in [0.4, 0.5) is 0 Å². The second kappa shape index (κ2) is 6.84. The molecule has 1 fully saturated rings. The molecule has 1 saturated heterocycles. The Bertz CT molecular complexity index is 866. The molecule has 8 nitrogen and oxygen atoms in total. The lowest BCUT2D eigenvalue weighted by molar-refractivity contribution is -0.137. The Kier molecular flexibility index (Phi) is 4.24. The second-order valence-electron chi connectivity index (χ2n) is 5.95. The van der Waals surface area contributed by atoms with Gasteiger partial charge in [-0.2, -0.15) is 4.52 Å². The van der Waals surface area contributed by atoms with E-state index in [0.29, 0.717) is 11.5 Å². The van der Waals surface area contributed by atoms with Crippen LogP contribution in [-0.4, -0.2) is 48.8 Å². The van der Waals surface area contributed by atoms with E-state index >= 15 is 0 Å². The van der Waals surface area contributed by atoms with Gasteiger partial charge in [0, 0.05) is 18.8 Å². The number of rotatable bonds is 4. The van der Waals surface area contributed by atoms with Gasteiger partial charge in [-0.3, -0.25) is 9.78 Å². The number of carbonyl (C=O) groups is 1. The van der Waals surface area contributed by atoms with Crippen molar-refractivity contribution in [2.75, 3.05) is 13.2 Å².